The van der Waals surface area contributed by atoms with E-state index >= 15 is 0 Å². The summed E-state index contributed by atoms with van der Waals surface area (Å²) >= 11 is 0. The number of hydrogen-bond acceptors (Lipinski definition) is 4. The van der Waals surface area contributed by atoms with Crippen molar-refractivity contribution in [1.29, 1.82) is 0 Å². The van der Waals surface area contributed by atoms with E-state index in [0.29, 0.717) is 17.7 Å². The number of carbonyl (C=O) groups is 2. The molecule has 0 spiro atoms. The standard InChI is InChI=1S/C15H16O4/c1-3-4-11-19-14(16)10-7-12-5-8-13(9-6-12)15(17)18-2/h5-6,8-9H,3-4,11H2,1-2H3. The third kappa shape index (κ3) is 5.26. The SMILES string of the molecule is CCCCOC(=O)C#Cc1ccc(C(=O)OC)cc1. The van der Waals surface area contributed by atoms with Gasteiger partial charge in [0.2, 0.25) is 0 Å². The van der Waals surface area contributed by atoms with Gasteiger partial charge in [-0.05, 0) is 30.7 Å². The van der Waals surface area contributed by atoms with Crippen LogP contribution < -0.4 is 0 Å². The van der Waals surface area contributed by atoms with Gasteiger partial charge >= 0.3 is 11.9 Å². The molecule has 0 bridgehead atoms. The van der Waals surface area contributed by atoms with Gasteiger partial charge in [0.1, 0.15) is 0 Å². The lowest BCUT2D eigenvalue weighted by atomic mass is 10.1. The number of unbranched alkanes of at least 4 members (excludes halogenated alkanes) is 1. The van der Waals surface area contributed by atoms with E-state index in [1.807, 2.05) is 6.92 Å². The summed E-state index contributed by atoms with van der Waals surface area (Å²) in [5, 5.41) is 0. The first kappa shape index (κ1) is 14.8. The first-order valence-electron chi connectivity index (χ1n) is 6.04. The molecule has 0 aliphatic carbocycles. The van der Waals surface area contributed by atoms with E-state index in [4.69, 9.17) is 4.74 Å². The van der Waals surface area contributed by atoms with Gasteiger partial charge in [-0.25, -0.2) is 9.59 Å². The Bertz CT molecular complexity index is 491. The molecule has 0 heterocycles. The van der Waals surface area contributed by atoms with Crippen LogP contribution in [0, 0.1) is 11.8 Å². The van der Waals surface area contributed by atoms with Gasteiger partial charge in [-0.15, -0.1) is 0 Å². The Morgan fingerprint density at radius 2 is 1.89 bits per heavy atom. The molecule has 100 valence electrons. The smallest absolute Gasteiger partial charge is 0.384 e. The van der Waals surface area contributed by atoms with Crippen LogP contribution in [0.1, 0.15) is 35.7 Å². The maximum absolute atomic E-state index is 11.2. The predicted molar refractivity (Wildman–Crippen MR) is 70.5 cm³/mol. The lowest BCUT2D eigenvalue weighted by Gasteiger charge is -1.98. The van der Waals surface area contributed by atoms with Gasteiger partial charge < -0.3 is 9.47 Å². The van der Waals surface area contributed by atoms with Crippen LogP contribution in [-0.4, -0.2) is 25.7 Å². The second kappa shape index (κ2) is 7.93. The minimum absolute atomic E-state index is 0.394. The summed E-state index contributed by atoms with van der Waals surface area (Å²) in [6.45, 7) is 2.41. The van der Waals surface area contributed by atoms with Gasteiger partial charge in [-0.3, -0.25) is 0 Å². The fourth-order valence-electron chi connectivity index (χ4n) is 1.28. The van der Waals surface area contributed by atoms with Crippen molar-refractivity contribution in [1.82, 2.24) is 0 Å². The molecule has 0 N–H and O–H groups in total. The second-order valence-electron chi connectivity index (χ2n) is 3.81. The molecule has 0 saturated heterocycles. The van der Waals surface area contributed by atoms with Crippen molar-refractivity contribution in [2.24, 2.45) is 0 Å². The lowest BCUT2D eigenvalue weighted by molar-refractivity contribution is -0.136. The van der Waals surface area contributed by atoms with Crippen molar-refractivity contribution >= 4 is 11.9 Å². The van der Waals surface area contributed by atoms with Crippen LogP contribution in [0.3, 0.4) is 0 Å². The molecule has 0 saturated carbocycles. The highest BCUT2D eigenvalue weighted by Gasteiger charge is 2.03. The van der Waals surface area contributed by atoms with Crippen LogP contribution in [0.4, 0.5) is 0 Å². The third-order valence-corrected chi connectivity index (χ3v) is 2.35. The zero-order valence-corrected chi connectivity index (χ0v) is 11.1. The van der Waals surface area contributed by atoms with E-state index in [-0.39, 0.29) is 0 Å². The number of rotatable bonds is 4. The van der Waals surface area contributed by atoms with Gasteiger partial charge in [-0.2, -0.15) is 0 Å². The number of esters is 2. The van der Waals surface area contributed by atoms with E-state index in [1.165, 1.54) is 7.11 Å². The molecule has 0 radical (unpaired) electrons. The van der Waals surface area contributed by atoms with Gasteiger partial charge in [0.25, 0.3) is 0 Å². The van der Waals surface area contributed by atoms with Crippen LogP contribution >= 0.6 is 0 Å². The fraction of sp³-hybridized carbons (Fsp3) is 0.333. The largest absolute Gasteiger partial charge is 0.465 e. The quantitative estimate of drug-likeness (QED) is 0.473. The molecule has 4 nitrogen and oxygen atoms in total. The molecule has 1 rings (SSSR count). The van der Waals surface area contributed by atoms with E-state index < -0.39 is 11.9 Å². The van der Waals surface area contributed by atoms with Crippen LogP contribution in [0.5, 0.6) is 0 Å². The molecule has 19 heavy (non-hydrogen) atoms. The van der Waals surface area contributed by atoms with Crippen molar-refractivity contribution in [2.75, 3.05) is 13.7 Å². The topological polar surface area (TPSA) is 52.6 Å². The summed E-state index contributed by atoms with van der Waals surface area (Å²) < 4.78 is 9.48. The maximum atomic E-state index is 11.2. The third-order valence-electron chi connectivity index (χ3n) is 2.35. The Kier molecular flexibility index (Phi) is 6.17. The summed E-state index contributed by atoms with van der Waals surface area (Å²) in [5.41, 5.74) is 1.08. The Morgan fingerprint density at radius 1 is 1.21 bits per heavy atom. The Hall–Kier alpha value is -2.28. The first-order chi connectivity index (χ1) is 9.17. The number of carbonyl (C=O) groups excluding carboxylic acids is 2. The molecule has 0 amide bonds. The average molecular weight is 260 g/mol. The minimum Gasteiger partial charge on any atom is -0.465 e. The highest BCUT2D eigenvalue weighted by atomic mass is 16.5. The van der Waals surface area contributed by atoms with Crippen LogP contribution in [0.15, 0.2) is 24.3 Å². The lowest BCUT2D eigenvalue weighted by Crippen LogP contribution is -2.02. The molecular weight excluding hydrogens is 244 g/mol. The normalized spacial score (nSPS) is 9.16. The van der Waals surface area contributed by atoms with Crippen LogP contribution in [0.2, 0.25) is 0 Å². The number of hydrogen-bond donors (Lipinski definition) is 0. The summed E-state index contributed by atoms with van der Waals surface area (Å²) in [5.74, 6) is 4.13. The Morgan fingerprint density at radius 3 is 2.47 bits per heavy atom. The van der Waals surface area contributed by atoms with E-state index in [2.05, 4.69) is 16.6 Å². The van der Waals surface area contributed by atoms with Gasteiger partial charge in [-0.1, -0.05) is 19.3 Å². The first-order valence-corrected chi connectivity index (χ1v) is 6.04. The zero-order valence-electron chi connectivity index (χ0n) is 11.1. The van der Waals surface area contributed by atoms with Crippen LogP contribution in [-0.2, 0) is 14.3 Å². The van der Waals surface area contributed by atoms with Gasteiger partial charge in [0.05, 0.1) is 19.3 Å². The number of ether oxygens (including phenoxy) is 2. The van der Waals surface area contributed by atoms with Crippen molar-refractivity contribution in [2.45, 2.75) is 19.8 Å². The summed E-state index contributed by atoms with van der Waals surface area (Å²) in [6.07, 6.45) is 1.80. The number of benzene rings is 1. The summed E-state index contributed by atoms with van der Waals surface area (Å²) in [4.78, 5) is 22.4. The highest BCUT2D eigenvalue weighted by molar-refractivity contribution is 5.90. The highest BCUT2D eigenvalue weighted by Crippen LogP contribution is 2.04. The molecule has 0 fully saturated rings. The van der Waals surface area contributed by atoms with Crippen molar-refractivity contribution < 1.29 is 19.1 Å². The summed E-state index contributed by atoms with van der Waals surface area (Å²) in [6, 6.07) is 6.49. The van der Waals surface area contributed by atoms with Crippen LogP contribution in [0.25, 0.3) is 0 Å². The molecule has 0 aliphatic rings. The fourth-order valence-corrected chi connectivity index (χ4v) is 1.28. The van der Waals surface area contributed by atoms with Crippen molar-refractivity contribution in [3.8, 4) is 11.8 Å². The molecular formula is C15H16O4. The van der Waals surface area contributed by atoms with E-state index in [0.717, 1.165) is 12.8 Å². The Balaban J connectivity index is 2.58. The molecule has 1 aromatic rings. The van der Waals surface area contributed by atoms with E-state index in [1.54, 1.807) is 24.3 Å². The molecule has 0 atom stereocenters. The zero-order chi connectivity index (χ0) is 14.1. The van der Waals surface area contributed by atoms with E-state index in [9.17, 15) is 9.59 Å². The second-order valence-corrected chi connectivity index (χ2v) is 3.81. The molecule has 4 heteroatoms. The molecule has 0 unspecified atom stereocenters. The molecule has 0 aliphatic heterocycles. The van der Waals surface area contributed by atoms with Crippen molar-refractivity contribution in [3.05, 3.63) is 35.4 Å². The number of methoxy groups -OCH3 is 1. The maximum Gasteiger partial charge on any atom is 0.384 e. The predicted octanol–water partition coefficient (Wildman–Crippen LogP) is 2.17. The monoisotopic (exact) mass is 260 g/mol. The molecule has 1 aromatic carbocycles. The summed E-state index contributed by atoms with van der Waals surface area (Å²) in [7, 11) is 1.32. The minimum atomic E-state index is -0.537. The molecule has 0 aromatic heterocycles. The average Bonchev–Trinajstić information content (AvgIpc) is 2.45. The van der Waals surface area contributed by atoms with Crippen molar-refractivity contribution in [3.63, 3.8) is 0 Å². The Labute approximate surface area is 112 Å². The van der Waals surface area contributed by atoms with Gasteiger partial charge in [0.15, 0.2) is 0 Å². The van der Waals surface area contributed by atoms with Gasteiger partial charge in [0, 0.05) is 11.5 Å².